The van der Waals surface area contributed by atoms with Gasteiger partial charge in [0.1, 0.15) is 12.1 Å². The molecule has 0 radical (unpaired) electrons. The van der Waals surface area contributed by atoms with Gasteiger partial charge in [0.25, 0.3) is 0 Å². The molecule has 6 nitrogen and oxygen atoms in total. The molecule has 1 heterocycles. The number of nitrogens with zero attached hydrogens (tertiary/aromatic N) is 2. The number of nitrogens with two attached hydrogens (primary N) is 1. The van der Waals surface area contributed by atoms with Gasteiger partial charge in [0, 0.05) is 11.3 Å². The molecule has 0 saturated carbocycles. The molecule has 0 bridgehead atoms. The van der Waals surface area contributed by atoms with Crippen LogP contribution < -0.4 is 9.88 Å². The second-order valence-electron chi connectivity index (χ2n) is 5.25. The van der Waals surface area contributed by atoms with Crippen molar-refractivity contribution in [1.29, 1.82) is 0 Å². The van der Waals surface area contributed by atoms with Crippen LogP contribution in [0.25, 0.3) is 16.9 Å². The van der Waals surface area contributed by atoms with E-state index in [1.165, 1.54) is 12.1 Å². The number of primary sulfonamides is 1. The molecule has 3 rings (SSSR count). The van der Waals surface area contributed by atoms with Crippen LogP contribution in [0.4, 0.5) is 0 Å². The van der Waals surface area contributed by atoms with Crippen LogP contribution in [-0.4, -0.2) is 24.6 Å². The lowest BCUT2D eigenvalue weighted by molar-refractivity contribution is 0.340. The van der Waals surface area contributed by atoms with Crippen molar-refractivity contribution in [3.63, 3.8) is 0 Å². The molecule has 2 aromatic carbocycles. The molecule has 2 N–H and O–H groups in total. The molecule has 0 amide bonds. The smallest absolute Gasteiger partial charge is 0.238 e. The summed E-state index contributed by atoms with van der Waals surface area (Å²) in [6.45, 7) is 2.51. The Kier molecular flexibility index (Phi) is 4.80. The maximum absolute atomic E-state index is 11.4. The number of sulfonamides is 1. The van der Waals surface area contributed by atoms with Crippen LogP contribution in [0.5, 0.6) is 5.75 Å². The zero-order valence-electron chi connectivity index (χ0n) is 13.4. The third-order valence-corrected chi connectivity index (χ3v) is 4.81. The highest BCUT2D eigenvalue weighted by Gasteiger charge is 2.14. The van der Waals surface area contributed by atoms with Crippen LogP contribution >= 0.6 is 11.6 Å². The molecule has 3 aromatic rings. The normalized spacial score (nSPS) is 11.5. The monoisotopic (exact) mass is 377 g/mol. The maximum atomic E-state index is 11.4. The van der Waals surface area contributed by atoms with E-state index in [4.69, 9.17) is 21.5 Å². The third-order valence-electron chi connectivity index (χ3n) is 3.61. The summed E-state index contributed by atoms with van der Waals surface area (Å²) < 4.78 is 30.0. The number of halogens is 1. The summed E-state index contributed by atoms with van der Waals surface area (Å²) in [5, 5.41) is 5.48. The van der Waals surface area contributed by atoms with E-state index in [9.17, 15) is 8.42 Å². The SMILES string of the molecule is CCOc1ccc(-c2c(Cl)ncn2-c2ccc(S(N)(=O)=O)cc2)cc1. The zero-order chi connectivity index (χ0) is 18.0. The van der Waals surface area contributed by atoms with Crippen molar-refractivity contribution in [2.75, 3.05) is 6.61 Å². The van der Waals surface area contributed by atoms with Crippen LogP contribution in [0.15, 0.2) is 59.8 Å². The van der Waals surface area contributed by atoms with Gasteiger partial charge in [-0.25, -0.2) is 18.5 Å². The zero-order valence-corrected chi connectivity index (χ0v) is 15.0. The Hall–Kier alpha value is -2.35. The number of imidazole rings is 1. The molecular weight excluding hydrogens is 362 g/mol. The van der Waals surface area contributed by atoms with Gasteiger partial charge in [0.05, 0.1) is 17.2 Å². The van der Waals surface area contributed by atoms with Crippen LogP contribution in [0.1, 0.15) is 6.92 Å². The lowest BCUT2D eigenvalue weighted by atomic mass is 10.1. The van der Waals surface area contributed by atoms with E-state index in [1.807, 2.05) is 31.2 Å². The van der Waals surface area contributed by atoms with E-state index in [0.29, 0.717) is 17.5 Å². The van der Waals surface area contributed by atoms with Gasteiger partial charge < -0.3 is 4.74 Å². The Labute approximate surface area is 150 Å². The van der Waals surface area contributed by atoms with Gasteiger partial charge in [-0.3, -0.25) is 4.57 Å². The van der Waals surface area contributed by atoms with Crippen molar-refractivity contribution in [3.8, 4) is 22.7 Å². The quantitative estimate of drug-likeness (QED) is 0.739. The fourth-order valence-electron chi connectivity index (χ4n) is 2.45. The summed E-state index contributed by atoms with van der Waals surface area (Å²) in [6.07, 6.45) is 1.58. The summed E-state index contributed by atoms with van der Waals surface area (Å²) in [6, 6.07) is 13.7. The summed E-state index contributed by atoms with van der Waals surface area (Å²) in [4.78, 5) is 4.20. The van der Waals surface area contributed by atoms with Gasteiger partial charge in [0.2, 0.25) is 10.0 Å². The molecule has 1 aromatic heterocycles. The first kappa shape index (κ1) is 17.5. The van der Waals surface area contributed by atoms with E-state index in [0.717, 1.165) is 17.0 Å². The predicted octanol–water partition coefficient (Wildman–Crippen LogP) is 3.24. The molecular formula is C17H16ClN3O3S. The Morgan fingerprint density at radius 2 is 1.76 bits per heavy atom. The van der Waals surface area contributed by atoms with E-state index >= 15 is 0 Å². The first-order valence-corrected chi connectivity index (χ1v) is 9.42. The first-order valence-electron chi connectivity index (χ1n) is 7.49. The van der Waals surface area contributed by atoms with Gasteiger partial charge in [0.15, 0.2) is 5.15 Å². The maximum Gasteiger partial charge on any atom is 0.238 e. The highest BCUT2D eigenvalue weighted by Crippen LogP contribution is 2.31. The van der Waals surface area contributed by atoms with Crippen LogP contribution in [0, 0.1) is 0 Å². The van der Waals surface area contributed by atoms with Crippen molar-refractivity contribution in [3.05, 3.63) is 60.0 Å². The number of benzene rings is 2. The molecule has 0 fully saturated rings. The standard InChI is InChI=1S/C17H16ClN3O3S/c1-2-24-14-7-3-12(4-8-14)16-17(18)20-11-21(16)13-5-9-15(10-6-13)25(19,22)23/h3-11H,2H2,1H3,(H2,19,22,23). The molecule has 0 atom stereocenters. The number of aromatic nitrogens is 2. The van der Waals surface area contributed by atoms with Gasteiger partial charge in [-0.15, -0.1) is 0 Å². The van der Waals surface area contributed by atoms with Crippen molar-refractivity contribution >= 4 is 21.6 Å². The Bertz CT molecular complexity index is 981. The summed E-state index contributed by atoms with van der Waals surface area (Å²) >= 11 is 6.26. The Balaban J connectivity index is 2.02. The number of ether oxygens (including phenoxy) is 1. The lowest BCUT2D eigenvalue weighted by Gasteiger charge is -2.10. The summed E-state index contributed by atoms with van der Waals surface area (Å²) in [5.41, 5.74) is 2.28. The highest BCUT2D eigenvalue weighted by atomic mass is 35.5. The summed E-state index contributed by atoms with van der Waals surface area (Å²) in [7, 11) is -3.73. The molecule has 0 aliphatic carbocycles. The van der Waals surface area contributed by atoms with E-state index < -0.39 is 10.0 Å². The van der Waals surface area contributed by atoms with E-state index in [-0.39, 0.29) is 4.90 Å². The van der Waals surface area contributed by atoms with Gasteiger partial charge >= 0.3 is 0 Å². The second-order valence-corrected chi connectivity index (χ2v) is 7.17. The third kappa shape index (κ3) is 3.68. The van der Waals surface area contributed by atoms with E-state index in [1.54, 1.807) is 23.0 Å². The molecule has 0 aliphatic rings. The number of hydrogen-bond acceptors (Lipinski definition) is 4. The second kappa shape index (κ2) is 6.87. The topological polar surface area (TPSA) is 87.2 Å². The van der Waals surface area contributed by atoms with Crippen LogP contribution in [0.3, 0.4) is 0 Å². The number of rotatable bonds is 5. The highest BCUT2D eigenvalue weighted by molar-refractivity contribution is 7.89. The average Bonchev–Trinajstić information content (AvgIpc) is 2.97. The van der Waals surface area contributed by atoms with Crippen molar-refractivity contribution in [1.82, 2.24) is 9.55 Å². The average molecular weight is 378 g/mol. The molecule has 25 heavy (non-hydrogen) atoms. The Morgan fingerprint density at radius 3 is 2.32 bits per heavy atom. The van der Waals surface area contributed by atoms with Crippen LogP contribution in [-0.2, 0) is 10.0 Å². The van der Waals surface area contributed by atoms with Gasteiger partial charge in [-0.05, 0) is 55.5 Å². The molecule has 0 saturated heterocycles. The predicted molar refractivity (Wildman–Crippen MR) is 96.6 cm³/mol. The van der Waals surface area contributed by atoms with Crippen molar-refractivity contribution in [2.45, 2.75) is 11.8 Å². The van der Waals surface area contributed by atoms with Gasteiger partial charge in [-0.2, -0.15) is 0 Å². The molecule has 0 unspecified atom stereocenters. The van der Waals surface area contributed by atoms with Crippen molar-refractivity contribution < 1.29 is 13.2 Å². The molecule has 8 heteroatoms. The molecule has 0 aliphatic heterocycles. The Morgan fingerprint density at radius 1 is 1.12 bits per heavy atom. The molecule has 130 valence electrons. The first-order chi connectivity index (χ1) is 11.9. The minimum absolute atomic E-state index is 0.0464. The van der Waals surface area contributed by atoms with E-state index in [2.05, 4.69) is 4.98 Å². The lowest BCUT2D eigenvalue weighted by Crippen LogP contribution is -2.12. The minimum Gasteiger partial charge on any atom is -0.494 e. The van der Waals surface area contributed by atoms with Gasteiger partial charge in [-0.1, -0.05) is 11.6 Å². The van der Waals surface area contributed by atoms with Crippen molar-refractivity contribution in [2.24, 2.45) is 5.14 Å². The van der Waals surface area contributed by atoms with Crippen LogP contribution in [0.2, 0.25) is 5.15 Å². The number of hydrogen-bond donors (Lipinski definition) is 1. The fourth-order valence-corrected chi connectivity index (χ4v) is 3.21. The largest absolute Gasteiger partial charge is 0.494 e. The summed E-state index contributed by atoms with van der Waals surface area (Å²) in [5.74, 6) is 0.769. The minimum atomic E-state index is -3.73. The molecule has 0 spiro atoms. The fraction of sp³-hybridized carbons (Fsp3) is 0.118.